The summed E-state index contributed by atoms with van der Waals surface area (Å²) in [7, 11) is 1.61. The predicted molar refractivity (Wildman–Crippen MR) is 255 cm³/mol. The lowest BCUT2D eigenvalue weighted by Gasteiger charge is -2.40. The van der Waals surface area contributed by atoms with Crippen LogP contribution in [-0.2, 0) is 33.0 Å². The highest BCUT2D eigenvalue weighted by Crippen LogP contribution is 2.42. The standard InChI is InChI=1S/C51H54ClN9O8/c1-4-51(39-25-42-46-34(23-33-24-37(66-3)10-11-40(33)55-46)28-61(42)48(63)38(39)29-67-49(51)64)69-50(65)60-21-19-58(20-22-60)27-31-15-17-59(18-16-31)44-14-12-41(56-57-44)47(62)54-35-6-8-36(9-7-35)68-43-13-5-32(26-53)45(52)30(43)2/h5,10-14,23-25,31,35-36H,4,6-9,15-22,27-29H2,1-3H3,(H,54,62)/t35-,36-,51-/m0/s1. The highest BCUT2D eigenvalue weighted by atomic mass is 35.5. The predicted octanol–water partition coefficient (Wildman–Crippen LogP) is 6.51. The summed E-state index contributed by atoms with van der Waals surface area (Å²) >= 11 is 6.33. The van der Waals surface area contributed by atoms with E-state index in [0.717, 1.165) is 86.0 Å². The number of benzene rings is 2. The summed E-state index contributed by atoms with van der Waals surface area (Å²) in [6.07, 6.45) is 4.50. The smallest absolute Gasteiger partial charge is 0.411 e. The molecule has 17 nitrogen and oxygen atoms in total. The number of nitriles is 1. The minimum absolute atomic E-state index is 0.000122. The van der Waals surface area contributed by atoms with Crippen LogP contribution in [0.3, 0.4) is 0 Å². The van der Waals surface area contributed by atoms with Crippen LogP contribution in [0.1, 0.15) is 90.2 Å². The lowest BCUT2D eigenvalue weighted by Crippen LogP contribution is -2.54. The van der Waals surface area contributed by atoms with Gasteiger partial charge in [0, 0.05) is 73.9 Å². The second-order valence-electron chi connectivity index (χ2n) is 18.7. The fourth-order valence-electron chi connectivity index (χ4n) is 10.5. The van der Waals surface area contributed by atoms with Crippen LogP contribution in [0.5, 0.6) is 11.5 Å². The zero-order valence-corrected chi connectivity index (χ0v) is 39.7. The molecule has 69 heavy (non-hydrogen) atoms. The van der Waals surface area contributed by atoms with Gasteiger partial charge in [0.25, 0.3) is 11.5 Å². The first kappa shape index (κ1) is 46.0. The Balaban J connectivity index is 0.693. The van der Waals surface area contributed by atoms with Gasteiger partial charge in [0.2, 0.25) is 5.60 Å². The summed E-state index contributed by atoms with van der Waals surface area (Å²) in [4.78, 5) is 65.9. The highest BCUT2D eigenvalue weighted by Gasteiger charge is 2.51. The van der Waals surface area contributed by atoms with E-state index >= 15 is 0 Å². The Hall–Kier alpha value is -6.77. The average Bonchev–Trinajstić information content (AvgIpc) is 3.73. The lowest BCUT2D eigenvalue weighted by atomic mass is 9.85. The molecule has 10 rings (SSSR count). The van der Waals surface area contributed by atoms with Gasteiger partial charge in [0.15, 0.2) is 11.5 Å². The van der Waals surface area contributed by atoms with Crippen LogP contribution in [0.25, 0.3) is 22.3 Å². The number of halogens is 1. The molecule has 0 unspecified atom stereocenters. The number of hydrogen-bond donors (Lipinski definition) is 1. The van der Waals surface area contributed by atoms with Crippen molar-refractivity contribution in [2.75, 3.05) is 57.8 Å². The number of methoxy groups -OCH3 is 1. The van der Waals surface area contributed by atoms with Gasteiger partial charge >= 0.3 is 12.1 Å². The number of aromatic nitrogens is 4. The van der Waals surface area contributed by atoms with Crippen LogP contribution in [0, 0.1) is 24.2 Å². The van der Waals surface area contributed by atoms with E-state index in [1.165, 1.54) is 0 Å². The number of amides is 2. The lowest BCUT2D eigenvalue weighted by molar-refractivity contribution is -0.173. The van der Waals surface area contributed by atoms with E-state index in [0.29, 0.717) is 83.2 Å². The molecular formula is C51H54ClN9O8. The quantitative estimate of drug-likeness (QED) is 0.146. The number of piperazine rings is 1. The molecule has 1 aliphatic carbocycles. The number of esters is 1. The van der Waals surface area contributed by atoms with Gasteiger partial charge in [0.1, 0.15) is 24.2 Å². The maximum atomic E-state index is 14.0. The number of hydrogen-bond acceptors (Lipinski definition) is 14. The molecule has 4 aliphatic heterocycles. The number of nitrogens with zero attached hydrogens (tertiary/aromatic N) is 8. The first-order valence-electron chi connectivity index (χ1n) is 23.8. The largest absolute Gasteiger partial charge is 0.497 e. The molecule has 1 saturated carbocycles. The van der Waals surface area contributed by atoms with Crippen molar-refractivity contribution in [3.05, 3.63) is 103 Å². The van der Waals surface area contributed by atoms with Crippen LogP contribution in [-0.4, -0.2) is 113 Å². The second-order valence-corrected chi connectivity index (χ2v) is 19.1. The Morgan fingerprint density at radius 1 is 0.957 bits per heavy atom. The van der Waals surface area contributed by atoms with Crippen LogP contribution < -0.4 is 25.2 Å². The monoisotopic (exact) mass is 955 g/mol. The van der Waals surface area contributed by atoms with Gasteiger partial charge in [-0.15, -0.1) is 10.2 Å². The molecular weight excluding hydrogens is 902 g/mol. The molecule has 358 valence electrons. The third-order valence-corrected chi connectivity index (χ3v) is 15.2. The van der Waals surface area contributed by atoms with Crippen molar-refractivity contribution < 1.29 is 33.3 Å². The summed E-state index contributed by atoms with van der Waals surface area (Å²) in [5.74, 6) is 1.66. The minimum atomic E-state index is -1.78. The topological polar surface area (TPSA) is 194 Å². The van der Waals surface area contributed by atoms with Crippen molar-refractivity contribution in [3.8, 4) is 29.0 Å². The Labute approximate surface area is 404 Å². The van der Waals surface area contributed by atoms with Crippen LogP contribution in [0.4, 0.5) is 10.6 Å². The van der Waals surface area contributed by atoms with E-state index in [2.05, 4.69) is 31.4 Å². The number of carbonyl (C=O) groups is 3. The molecule has 5 aliphatic rings. The summed E-state index contributed by atoms with van der Waals surface area (Å²) in [5, 5.41) is 22.4. The fraction of sp³-hybridized carbons (Fsp3) is 0.451. The summed E-state index contributed by atoms with van der Waals surface area (Å²) in [6.45, 7) is 8.43. The van der Waals surface area contributed by atoms with Gasteiger partial charge in [0.05, 0.1) is 52.8 Å². The number of piperidine rings is 1. The maximum Gasteiger partial charge on any atom is 0.411 e. The third-order valence-electron chi connectivity index (χ3n) is 14.7. The number of pyridine rings is 2. The van der Waals surface area contributed by atoms with E-state index in [4.69, 9.17) is 35.5 Å². The van der Waals surface area contributed by atoms with Gasteiger partial charge < -0.3 is 38.6 Å². The van der Waals surface area contributed by atoms with E-state index in [-0.39, 0.29) is 42.3 Å². The normalized spacial score (nSPS) is 21.4. The molecule has 3 aromatic heterocycles. The van der Waals surface area contributed by atoms with E-state index in [1.54, 1.807) is 47.8 Å². The SMILES string of the molecule is CC[C@@]1(OC(=O)N2CCN(CC3CCN(c4ccc(C(=O)N[C@H]5CC[C@H](Oc6ccc(C#N)c(Cl)c6C)CC5)nn4)CC3)CC2)C(=O)OCc2c1cc1n(c2=O)Cc2cc3cc(OC)ccc3nc2-1. The fourth-order valence-corrected chi connectivity index (χ4v) is 10.7. The summed E-state index contributed by atoms with van der Waals surface area (Å²) in [5.41, 5.74) is 2.87. The number of anilines is 1. The van der Waals surface area contributed by atoms with Crippen molar-refractivity contribution in [1.82, 2.24) is 34.9 Å². The first-order chi connectivity index (χ1) is 33.4. The molecule has 1 N–H and O–H groups in total. The number of ether oxygens (including phenoxy) is 4. The Bertz CT molecular complexity index is 2930. The number of fused-ring (bicyclic) bond motifs is 5. The van der Waals surface area contributed by atoms with Crippen molar-refractivity contribution in [1.29, 1.82) is 5.26 Å². The summed E-state index contributed by atoms with van der Waals surface area (Å²) < 4.78 is 25.0. The van der Waals surface area contributed by atoms with Gasteiger partial charge in [-0.2, -0.15) is 5.26 Å². The van der Waals surface area contributed by atoms with Crippen molar-refractivity contribution in [2.24, 2.45) is 5.92 Å². The van der Waals surface area contributed by atoms with Gasteiger partial charge in [-0.1, -0.05) is 18.5 Å². The molecule has 7 heterocycles. The molecule has 0 bridgehead atoms. The van der Waals surface area contributed by atoms with Gasteiger partial charge in [-0.3, -0.25) is 14.5 Å². The Morgan fingerprint density at radius 3 is 2.45 bits per heavy atom. The molecule has 18 heteroatoms. The highest BCUT2D eigenvalue weighted by molar-refractivity contribution is 6.32. The molecule has 5 aromatic rings. The first-order valence-corrected chi connectivity index (χ1v) is 24.2. The zero-order valence-electron chi connectivity index (χ0n) is 39.0. The van der Waals surface area contributed by atoms with Crippen molar-refractivity contribution in [3.63, 3.8) is 0 Å². The molecule has 2 saturated heterocycles. The molecule has 0 spiro atoms. The van der Waals surface area contributed by atoms with Crippen LogP contribution >= 0.6 is 11.6 Å². The zero-order chi connectivity index (χ0) is 48.0. The number of carbonyl (C=O) groups excluding carboxylic acids is 3. The average molecular weight is 957 g/mol. The van der Waals surface area contributed by atoms with E-state index in [1.807, 2.05) is 37.3 Å². The Morgan fingerprint density at radius 2 is 1.74 bits per heavy atom. The number of nitrogens with one attached hydrogen (secondary N) is 1. The number of rotatable bonds is 10. The second kappa shape index (κ2) is 19.0. The third kappa shape index (κ3) is 8.80. The van der Waals surface area contributed by atoms with Crippen molar-refractivity contribution in [2.45, 2.75) is 89.7 Å². The Kier molecular flexibility index (Phi) is 12.6. The van der Waals surface area contributed by atoms with E-state index < -0.39 is 17.7 Å². The maximum absolute atomic E-state index is 14.0. The van der Waals surface area contributed by atoms with Gasteiger partial charge in [-0.05, 0) is 112 Å². The minimum Gasteiger partial charge on any atom is -0.497 e. The van der Waals surface area contributed by atoms with Crippen LogP contribution in [0.15, 0.2) is 59.4 Å². The molecule has 3 fully saturated rings. The van der Waals surface area contributed by atoms with Crippen LogP contribution in [0.2, 0.25) is 5.02 Å². The molecule has 1 atom stereocenters. The van der Waals surface area contributed by atoms with Gasteiger partial charge in [-0.25, -0.2) is 14.6 Å². The van der Waals surface area contributed by atoms with E-state index in [9.17, 15) is 24.4 Å². The molecule has 2 aromatic carbocycles. The summed E-state index contributed by atoms with van der Waals surface area (Å²) in [6, 6.07) is 18.6. The van der Waals surface area contributed by atoms with Crippen molar-refractivity contribution >= 4 is 46.3 Å². The number of cyclic esters (lactones) is 1. The molecule has 0 radical (unpaired) electrons. The molecule has 2 amide bonds.